The standard InChI is InChI=1S/C21H10Cl2F2N2O3S/c22-13-2-1-3-16(17(13)25)27-19(10-4-5-15(24)14(23)7-10)18(21(29)30)26-20(27)11-6-12(8-28)31-9-11/h1-9H,(H,29,30). The molecule has 0 spiro atoms. The van der Waals surface area contributed by atoms with Gasteiger partial charge in [0.05, 0.1) is 26.3 Å². The van der Waals surface area contributed by atoms with E-state index in [2.05, 4.69) is 4.98 Å². The van der Waals surface area contributed by atoms with E-state index in [1.165, 1.54) is 41.0 Å². The third kappa shape index (κ3) is 3.74. The smallest absolute Gasteiger partial charge is 0.356 e. The van der Waals surface area contributed by atoms with Crippen molar-refractivity contribution in [2.45, 2.75) is 0 Å². The minimum atomic E-state index is -1.39. The molecule has 0 aliphatic rings. The number of aldehydes is 1. The third-order valence-electron chi connectivity index (χ3n) is 4.44. The molecule has 4 rings (SSSR count). The molecule has 10 heteroatoms. The van der Waals surface area contributed by atoms with Crippen molar-refractivity contribution in [3.8, 4) is 28.3 Å². The average molecular weight is 479 g/mol. The summed E-state index contributed by atoms with van der Waals surface area (Å²) in [6.45, 7) is 0. The Bertz CT molecular complexity index is 1350. The van der Waals surface area contributed by atoms with Crippen molar-refractivity contribution in [1.82, 2.24) is 9.55 Å². The summed E-state index contributed by atoms with van der Waals surface area (Å²) in [5, 5.41) is 11.0. The molecule has 0 saturated heterocycles. The van der Waals surface area contributed by atoms with Gasteiger partial charge in [-0.05, 0) is 36.4 Å². The molecule has 1 N–H and O–H groups in total. The lowest BCUT2D eigenvalue weighted by molar-refractivity contribution is 0.0692. The van der Waals surface area contributed by atoms with Crippen molar-refractivity contribution in [2.75, 3.05) is 0 Å². The molecule has 2 heterocycles. The number of rotatable bonds is 5. The maximum absolute atomic E-state index is 15.0. The first-order chi connectivity index (χ1) is 14.8. The number of benzene rings is 2. The number of thiophene rings is 1. The number of aromatic nitrogens is 2. The molecule has 0 amide bonds. The highest BCUT2D eigenvalue weighted by Crippen LogP contribution is 2.37. The Balaban J connectivity index is 2.14. The molecule has 4 aromatic rings. The van der Waals surface area contributed by atoms with Crippen molar-refractivity contribution >= 4 is 46.8 Å². The van der Waals surface area contributed by atoms with Gasteiger partial charge < -0.3 is 5.11 Å². The number of carboxylic acids is 1. The van der Waals surface area contributed by atoms with Crippen molar-refractivity contribution in [3.63, 3.8) is 0 Å². The molecule has 0 aliphatic carbocycles. The van der Waals surface area contributed by atoms with Gasteiger partial charge in [-0.25, -0.2) is 18.6 Å². The van der Waals surface area contributed by atoms with E-state index in [0.29, 0.717) is 16.7 Å². The van der Waals surface area contributed by atoms with Crippen LogP contribution in [0.15, 0.2) is 47.8 Å². The first-order valence-corrected chi connectivity index (χ1v) is 10.2. The first-order valence-electron chi connectivity index (χ1n) is 8.61. The number of halogens is 4. The molecule has 0 aliphatic heterocycles. The van der Waals surface area contributed by atoms with Crippen LogP contribution in [-0.2, 0) is 0 Å². The zero-order valence-corrected chi connectivity index (χ0v) is 17.6. The molecule has 0 saturated carbocycles. The molecule has 31 heavy (non-hydrogen) atoms. The Morgan fingerprint density at radius 3 is 2.52 bits per heavy atom. The van der Waals surface area contributed by atoms with Gasteiger partial charge in [-0.2, -0.15) is 0 Å². The SMILES string of the molecule is O=Cc1cc(-c2nc(C(=O)O)c(-c3ccc(F)c(Cl)c3)n2-c2cccc(Cl)c2F)cs1. The van der Waals surface area contributed by atoms with Gasteiger partial charge in [-0.3, -0.25) is 9.36 Å². The predicted octanol–water partition coefficient (Wildman–Crippen LogP) is 6.36. The summed E-state index contributed by atoms with van der Waals surface area (Å²) in [6, 6.07) is 9.37. The second-order valence-corrected chi connectivity index (χ2v) is 8.09. The average Bonchev–Trinajstić information content (AvgIpc) is 3.37. The van der Waals surface area contributed by atoms with Crippen LogP contribution < -0.4 is 0 Å². The van der Waals surface area contributed by atoms with Gasteiger partial charge >= 0.3 is 5.97 Å². The Morgan fingerprint density at radius 1 is 1.10 bits per heavy atom. The number of carboxylic acid groups (broad SMARTS) is 1. The van der Waals surface area contributed by atoms with Gasteiger partial charge in [0.1, 0.15) is 11.6 Å². The Labute approximate surface area is 188 Å². The highest BCUT2D eigenvalue weighted by atomic mass is 35.5. The topological polar surface area (TPSA) is 72.2 Å². The molecule has 0 radical (unpaired) electrons. The van der Waals surface area contributed by atoms with Crippen LogP contribution in [0.5, 0.6) is 0 Å². The summed E-state index contributed by atoms with van der Waals surface area (Å²) in [5.41, 5.74) is 0.0957. The Kier molecular flexibility index (Phi) is 5.62. The first kappa shape index (κ1) is 21.2. The maximum atomic E-state index is 15.0. The van der Waals surface area contributed by atoms with Gasteiger partial charge in [-0.15, -0.1) is 11.3 Å². The Morgan fingerprint density at radius 2 is 1.87 bits per heavy atom. The number of nitrogens with zero attached hydrogens (tertiary/aromatic N) is 2. The maximum Gasteiger partial charge on any atom is 0.356 e. The van der Waals surface area contributed by atoms with E-state index in [4.69, 9.17) is 23.2 Å². The second kappa shape index (κ2) is 8.22. The van der Waals surface area contributed by atoms with Gasteiger partial charge in [0.15, 0.2) is 17.8 Å². The number of carbonyl (C=O) groups excluding carboxylic acids is 1. The zero-order chi connectivity index (χ0) is 22.3. The lowest BCUT2D eigenvalue weighted by Gasteiger charge is -2.14. The fraction of sp³-hybridized carbons (Fsp3) is 0. The van der Waals surface area contributed by atoms with Crippen LogP contribution >= 0.6 is 34.5 Å². The summed E-state index contributed by atoms with van der Waals surface area (Å²) >= 11 is 13.0. The minimum Gasteiger partial charge on any atom is -0.476 e. The van der Waals surface area contributed by atoms with Crippen LogP contribution in [0, 0.1) is 11.6 Å². The van der Waals surface area contributed by atoms with Crippen LogP contribution in [0.4, 0.5) is 8.78 Å². The summed E-state index contributed by atoms with van der Waals surface area (Å²) < 4.78 is 30.1. The molecule has 0 atom stereocenters. The quantitative estimate of drug-likeness (QED) is 0.338. The molecular formula is C21H10Cl2F2N2O3S. The second-order valence-electron chi connectivity index (χ2n) is 6.33. The molecule has 2 aromatic heterocycles. The van der Waals surface area contributed by atoms with Crippen LogP contribution in [-0.4, -0.2) is 26.9 Å². The molecule has 2 aromatic carbocycles. The normalized spacial score (nSPS) is 11.0. The monoisotopic (exact) mass is 478 g/mol. The molecule has 0 bridgehead atoms. The summed E-state index contributed by atoms with van der Waals surface area (Å²) in [7, 11) is 0. The number of imidazole rings is 1. The largest absolute Gasteiger partial charge is 0.476 e. The predicted molar refractivity (Wildman–Crippen MR) is 115 cm³/mol. The minimum absolute atomic E-state index is 0.0237. The number of aromatic carboxylic acids is 1. The van der Waals surface area contributed by atoms with E-state index in [1.54, 1.807) is 5.38 Å². The van der Waals surface area contributed by atoms with Crippen LogP contribution in [0.3, 0.4) is 0 Å². The molecule has 5 nitrogen and oxygen atoms in total. The molecule has 156 valence electrons. The molecule has 0 fully saturated rings. The number of hydrogen-bond acceptors (Lipinski definition) is 4. The van der Waals surface area contributed by atoms with Gasteiger partial charge in [0.2, 0.25) is 0 Å². The van der Waals surface area contributed by atoms with Crippen LogP contribution in [0.1, 0.15) is 20.2 Å². The molecule has 0 unspecified atom stereocenters. The van der Waals surface area contributed by atoms with Crippen molar-refractivity contribution < 1.29 is 23.5 Å². The van der Waals surface area contributed by atoms with Crippen molar-refractivity contribution in [3.05, 3.63) is 80.1 Å². The third-order valence-corrected chi connectivity index (χ3v) is 5.88. The Hall–Kier alpha value is -3.07. The van der Waals surface area contributed by atoms with E-state index >= 15 is 4.39 Å². The fourth-order valence-corrected chi connectivity index (χ4v) is 4.14. The van der Waals surface area contributed by atoms with Crippen LogP contribution in [0.2, 0.25) is 10.0 Å². The van der Waals surface area contributed by atoms with E-state index in [0.717, 1.165) is 17.4 Å². The van der Waals surface area contributed by atoms with Gasteiger partial charge in [0.25, 0.3) is 0 Å². The van der Waals surface area contributed by atoms with Crippen LogP contribution in [0.25, 0.3) is 28.3 Å². The fourth-order valence-electron chi connectivity index (χ4n) is 3.10. The number of hydrogen-bond donors (Lipinski definition) is 1. The summed E-state index contributed by atoms with van der Waals surface area (Å²) in [6.07, 6.45) is 0.639. The van der Waals surface area contributed by atoms with E-state index in [-0.39, 0.29) is 32.8 Å². The van der Waals surface area contributed by atoms with Gasteiger partial charge in [-0.1, -0.05) is 29.3 Å². The number of carbonyl (C=O) groups is 2. The summed E-state index contributed by atoms with van der Waals surface area (Å²) in [4.78, 5) is 27.8. The lowest BCUT2D eigenvalue weighted by atomic mass is 10.1. The van der Waals surface area contributed by atoms with Gasteiger partial charge in [0, 0.05) is 16.5 Å². The van der Waals surface area contributed by atoms with Crippen molar-refractivity contribution in [2.24, 2.45) is 0 Å². The van der Waals surface area contributed by atoms with Crippen molar-refractivity contribution in [1.29, 1.82) is 0 Å². The summed E-state index contributed by atoms with van der Waals surface area (Å²) in [5.74, 6) is -2.82. The van der Waals surface area contributed by atoms with E-state index in [1.807, 2.05) is 0 Å². The highest BCUT2D eigenvalue weighted by molar-refractivity contribution is 7.12. The zero-order valence-electron chi connectivity index (χ0n) is 15.3. The highest BCUT2D eigenvalue weighted by Gasteiger charge is 2.28. The van der Waals surface area contributed by atoms with E-state index < -0.39 is 23.3 Å². The molecular weight excluding hydrogens is 469 g/mol. The van der Waals surface area contributed by atoms with E-state index in [9.17, 15) is 19.1 Å². The lowest BCUT2D eigenvalue weighted by Crippen LogP contribution is -2.05.